The highest BCUT2D eigenvalue weighted by Gasteiger charge is 2.08. The third-order valence-corrected chi connectivity index (χ3v) is 3.35. The lowest BCUT2D eigenvalue weighted by Crippen LogP contribution is -2.01. The molecule has 0 spiro atoms. The van der Waals surface area contributed by atoms with E-state index in [0.29, 0.717) is 0 Å². The predicted molar refractivity (Wildman–Crippen MR) is 73.2 cm³/mol. The lowest BCUT2D eigenvalue weighted by molar-refractivity contribution is 1.05. The normalized spacial score (nSPS) is 10.5. The van der Waals surface area contributed by atoms with Gasteiger partial charge in [-0.1, -0.05) is 15.9 Å². The minimum absolute atomic E-state index is 0.834. The van der Waals surface area contributed by atoms with Crippen LogP contribution < -0.4 is 5.32 Å². The van der Waals surface area contributed by atoms with Crippen LogP contribution in [-0.4, -0.2) is 16.6 Å². The number of anilines is 1. The Kier molecular flexibility index (Phi) is 3.35. The fourth-order valence-corrected chi connectivity index (χ4v) is 2.77. The highest BCUT2D eigenvalue weighted by atomic mass is 79.9. The lowest BCUT2D eigenvalue weighted by Gasteiger charge is -2.09. The molecule has 0 aliphatic heterocycles. The Hall–Kier alpha value is -0.810. The summed E-state index contributed by atoms with van der Waals surface area (Å²) >= 11 is 6.99. The number of hydrogen-bond acceptors (Lipinski definition) is 2. The summed E-state index contributed by atoms with van der Waals surface area (Å²) in [5.74, 6) is 0.834. The van der Waals surface area contributed by atoms with Gasteiger partial charge in [0.1, 0.15) is 0 Å². The largest absolute Gasteiger partial charge is 0.358 e. The number of aromatic nitrogens is 2. The van der Waals surface area contributed by atoms with E-state index in [2.05, 4.69) is 42.2 Å². The molecule has 0 fully saturated rings. The fraction of sp³-hybridized carbons (Fsp3) is 0.182. The van der Waals surface area contributed by atoms with Crippen LogP contribution in [0.2, 0.25) is 0 Å². The lowest BCUT2D eigenvalue weighted by atomic mass is 10.3. The molecular weight excluding hydrogens is 334 g/mol. The van der Waals surface area contributed by atoms with Crippen molar-refractivity contribution in [1.29, 1.82) is 0 Å². The summed E-state index contributed by atoms with van der Waals surface area (Å²) in [6, 6.07) is 6.06. The summed E-state index contributed by atoms with van der Waals surface area (Å²) in [6.07, 6.45) is 2.00. The number of halogens is 2. The molecule has 0 unspecified atom stereocenters. The first-order chi connectivity index (χ1) is 7.61. The third-order valence-electron chi connectivity index (χ3n) is 2.22. The molecule has 1 aromatic carbocycles. The first kappa shape index (κ1) is 11.7. The summed E-state index contributed by atoms with van der Waals surface area (Å²) in [7, 11) is 1.87. The first-order valence-electron chi connectivity index (χ1n) is 4.81. The van der Waals surface area contributed by atoms with E-state index in [9.17, 15) is 0 Å². The van der Waals surface area contributed by atoms with Crippen molar-refractivity contribution in [2.75, 3.05) is 12.4 Å². The Morgan fingerprint density at radius 3 is 2.69 bits per heavy atom. The maximum Gasteiger partial charge on any atom is 0.207 e. The van der Waals surface area contributed by atoms with Crippen molar-refractivity contribution in [2.45, 2.75) is 6.92 Å². The molecule has 2 rings (SSSR count). The zero-order valence-corrected chi connectivity index (χ0v) is 12.1. The maximum atomic E-state index is 4.39. The number of rotatable bonds is 2. The van der Waals surface area contributed by atoms with E-state index in [1.165, 1.54) is 0 Å². The van der Waals surface area contributed by atoms with E-state index in [0.717, 1.165) is 26.3 Å². The summed E-state index contributed by atoms with van der Waals surface area (Å²) in [5, 5.41) is 3.08. The van der Waals surface area contributed by atoms with Gasteiger partial charge in [-0.05, 0) is 41.1 Å². The maximum absolute atomic E-state index is 4.39. The molecule has 5 heteroatoms. The predicted octanol–water partition coefficient (Wildman–Crippen LogP) is 3.75. The van der Waals surface area contributed by atoms with Gasteiger partial charge in [-0.3, -0.25) is 4.57 Å². The van der Waals surface area contributed by atoms with Gasteiger partial charge in [0.05, 0.1) is 11.4 Å². The summed E-state index contributed by atoms with van der Waals surface area (Å²) in [6.45, 7) is 1.98. The van der Waals surface area contributed by atoms with E-state index in [4.69, 9.17) is 0 Å². The van der Waals surface area contributed by atoms with Crippen LogP contribution in [0, 0.1) is 6.92 Å². The van der Waals surface area contributed by atoms with E-state index in [1.807, 2.05) is 42.9 Å². The van der Waals surface area contributed by atoms with Gasteiger partial charge in [-0.2, -0.15) is 0 Å². The molecule has 1 aromatic heterocycles. The van der Waals surface area contributed by atoms with Crippen LogP contribution in [0.3, 0.4) is 0 Å². The van der Waals surface area contributed by atoms with Gasteiger partial charge < -0.3 is 5.32 Å². The molecule has 0 amide bonds. The molecule has 16 heavy (non-hydrogen) atoms. The quantitative estimate of drug-likeness (QED) is 0.899. The second kappa shape index (κ2) is 4.59. The number of nitrogens with one attached hydrogen (secondary N) is 1. The van der Waals surface area contributed by atoms with Crippen LogP contribution in [-0.2, 0) is 0 Å². The topological polar surface area (TPSA) is 29.9 Å². The van der Waals surface area contributed by atoms with E-state index < -0.39 is 0 Å². The van der Waals surface area contributed by atoms with Crippen molar-refractivity contribution in [3.63, 3.8) is 0 Å². The van der Waals surface area contributed by atoms with Crippen LogP contribution >= 0.6 is 31.9 Å². The highest BCUT2D eigenvalue weighted by molar-refractivity contribution is 9.11. The molecule has 0 atom stereocenters. The molecule has 1 N–H and O–H groups in total. The van der Waals surface area contributed by atoms with Crippen LogP contribution in [0.1, 0.15) is 5.69 Å². The van der Waals surface area contributed by atoms with Gasteiger partial charge in [0.25, 0.3) is 0 Å². The standard InChI is InChI=1S/C11H11Br2N3/c1-7-6-16(11(14-2)15-7)10-4-3-8(12)5-9(10)13/h3-6H,1-2H3,(H,14,15). The van der Waals surface area contributed by atoms with Gasteiger partial charge in [-0.15, -0.1) is 0 Å². The van der Waals surface area contributed by atoms with Crippen molar-refractivity contribution in [2.24, 2.45) is 0 Å². The van der Waals surface area contributed by atoms with E-state index >= 15 is 0 Å². The van der Waals surface area contributed by atoms with E-state index in [1.54, 1.807) is 0 Å². The number of hydrogen-bond donors (Lipinski definition) is 1. The molecule has 1 heterocycles. The van der Waals surface area contributed by atoms with Crippen LogP contribution in [0.25, 0.3) is 5.69 Å². The Bertz CT molecular complexity index is 520. The number of nitrogens with zero attached hydrogens (tertiary/aromatic N) is 2. The Balaban J connectivity index is 2.57. The molecule has 0 radical (unpaired) electrons. The minimum atomic E-state index is 0.834. The average molecular weight is 345 g/mol. The van der Waals surface area contributed by atoms with Gasteiger partial charge in [0, 0.05) is 22.2 Å². The molecular formula is C11H11Br2N3. The molecule has 2 aromatic rings. The van der Waals surface area contributed by atoms with Crippen molar-refractivity contribution >= 4 is 37.8 Å². The van der Waals surface area contributed by atoms with Crippen LogP contribution in [0.15, 0.2) is 33.3 Å². The zero-order chi connectivity index (χ0) is 11.7. The molecule has 0 saturated heterocycles. The van der Waals surface area contributed by atoms with Crippen molar-refractivity contribution in [3.05, 3.63) is 39.0 Å². The third kappa shape index (κ3) is 2.15. The molecule has 0 saturated carbocycles. The molecule has 84 valence electrons. The smallest absolute Gasteiger partial charge is 0.207 e. The average Bonchev–Trinajstić information content (AvgIpc) is 2.59. The van der Waals surface area contributed by atoms with Gasteiger partial charge in [0.15, 0.2) is 0 Å². The molecule has 0 aliphatic rings. The van der Waals surface area contributed by atoms with Crippen molar-refractivity contribution in [3.8, 4) is 5.69 Å². The number of aryl methyl sites for hydroxylation is 1. The summed E-state index contributed by atoms with van der Waals surface area (Å²) in [4.78, 5) is 4.39. The number of imidazole rings is 1. The van der Waals surface area contributed by atoms with Gasteiger partial charge >= 0.3 is 0 Å². The van der Waals surface area contributed by atoms with Crippen molar-refractivity contribution in [1.82, 2.24) is 9.55 Å². The second-order valence-electron chi connectivity index (χ2n) is 3.42. The monoisotopic (exact) mass is 343 g/mol. The summed E-state index contributed by atoms with van der Waals surface area (Å²) in [5.41, 5.74) is 2.05. The fourth-order valence-electron chi connectivity index (χ4n) is 1.53. The SMILES string of the molecule is CNc1nc(C)cn1-c1ccc(Br)cc1Br. The summed E-state index contributed by atoms with van der Waals surface area (Å²) < 4.78 is 4.09. The second-order valence-corrected chi connectivity index (χ2v) is 5.19. The van der Waals surface area contributed by atoms with Gasteiger partial charge in [-0.25, -0.2) is 4.98 Å². The number of benzene rings is 1. The Labute approximate surface area is 111 Å². The molecule has 0 aliphatic carbocycles. The van der Waals surface area contributed by atoms with Crippen LogP contribution in [0.5, 0.6) is 0 Å². The Morgan fingerprint density at radius 1 is 1.31 bits per heavy atom. The zero-order valence-electron chi connectivity index (χ0n) is 8.96. The van der Waals surface area contributed by atoms with Crippen molar-refractivity contribution < 1.29 is 0 Å². The van der Waals surface area contributed by atoms with E-state index in [-0.39, 0.29) is 0 Å². The van der Waals surface area contributed by atoms with Crippen LogP contribution in [0.4, 0.5) is 5.95 Å². The highest BCUT2D eigenvalue weighted by Crippen LogP contribution is 2.27. The molecule has 0 bridgehead atoms. The molecule has 3 nitrogen and oxygen atoms in total. The van der Waals surface area contributed by atoms with Gasteiger partial charge in [0.2, 0.25) is 5.95 Å². The Morgan fingerprint density at radius 2 is 2.06 bits per heavy atom. The first-order valence-corrected chi connectivity index (χ1v) is 6.39. The minimum Gasteiger partial charge on any atom is -0.358 e.